The third kappa shape index (κ3) is 3.53. The minimum absolute atomic E-state index is 0.208. The van der Waals surface area contributed by atoms with E-state index < -0.39 is 6.09 Å². The number of halogens is 1. The number of hydrogen-bond donors (Lipinski definition) is 0. The van der Waals surface area contributed by atoms with Crippen molar-refractivity contribution < 1.29 is 9.53 Å². The van der Waals surface area contributed by atoms with Crippen LogP contribution in [-0.4, -0.2) is 24.6 Å². The summed E-state index contributed by atoms with van der Waals surface area (Å²) in [5, 5.41) is 0.514. The van der Waals surface area contributed by atoms with Crippen LogP contribution in [0.15, 0.2) is 24.3 Å². The number of carbonyl (C=O) groups is 1. The lowest BCUT2D eigenvalue weighted by atomic mass is 10.3. The van der Waals surface area contributed by atoms with Crippen LogP contribution in [0.4, 0.5) is 4.79 Å². The molecular formula is C11H10ClNO2. The summed E-state index contributed by atoms with van der Waals surface area (Å²) in [5.74, 6) is 2.74. The van der Waals surface area contributed by atoms with Crippen molar-refractivity contribution in [3.63, 3.8) is 0 Å². The van der Waals surface area contributed by atoms with Crippen LogP contribution in [0.5, 0.6) is 5.75 Å². The fourth-order valence-corrected chi connectivity index (χ4v) is 1.09. The molecule has 4 heteroatoms. The van der Waals surface area contributed by atoms with E-state index in [1.807, 2.05) is 0 Å². The molecule has 0 spiro atoms. The van der Waals surface area contributed by atoms with Crippen molar-refractivity contribution in [2.45, 2.75) is 0 Å². The summed E-state index contributed by atoms with van der Waals surface area (Å²) in [6.45, 7) is 0.208. The van der Waals surface area contributed by atoms with Gasteiger partial charge in [-0.2, -0.15) is 0 Å². The molecule has 0 aliphatic carbocycles. The molecule has 0 atom stereocenters. The van der Waals surface area contributed by atoms with Gasteiger partial charge in [-0.3, -0.25) is 4.90 Å². The average Bonchev–Trinajstić information content (AvgIpc) is 2.18. The minimum Gasteiger partial charge on any atom is -0.410 e. The summed E-state index contributed by atoms with van der Waals surface area (Å²) in [6, 6.07) is 6.60. The molecular weight excluding hydrogens is 214 g/mol. The van der Waals surface area contributed by atoms with Gasteiger partial charge in [0.2, 0.25) is 0 Å². The molecule has 0 radical (unpaired) electrons. The zero-order chi connectivity index (χ0) is 11.3. The Morgan fingerprint density at radius 1 is 1.67 bits per heavy atom. The Morgan fingerprint density at radius 3 is 3.00 bits per heavy atom. The molecule has 3 nitrogen and oxygen atoms in total. The fraction of sp³-hybridized carbons (Fsp3) is 0.182. The van der Waals surface area contributed by atoms with Gasteiger partial charge in [0.1, 0.15) is 5.75 Å². The van der Waals surface area contributed by atoms with Gasteiger partial charge >= 0.3 is 6.09 Å². The van der Waals surface area contributed by atoms with E-state index in [0.717, 1.165) is 0 Å². The van der Waals surface area contributed by atoms with E-state index in [2.05, 4.69) is 5.92 Å². The summed E-state index contributed by atoms with van der Waals surface area (Å²) in [7, 11) is 1.56. The van der Waals surface area contributed by atoms with E-state index in [-0.39, 0.29) is 6.54 Å². The van der Waals surface area contributed by atoms with Crippen molar-refractivity contribution in [1.82, 2.24) is 4.90 Å². The number of amides is 1. The lowest BCUT2D eigenvalue weighted by molar-refractivity contribution is 0.168. The Labute approximate surface area is 93.6 Å². The van der Waals surface area contributed by atoms with E-state index >= 15 is 0 Å². The monoisotopic (exact) mass is 223 g/mol. The number of nitrogens with zero attached hydrogens (tertiary/aromatic N) is 1. The van der Waals surface area contributed by atoms with E-state index in [9.17, 15) is 4.79 Å². The van der Waals surface area contributed by atoms with Crippen LogP contribution < -0.4 is 4.74 Å². The summed E-state index contributed by atoms with van der Waals surface area (Å²) >= 11 is 5.73. The molecule has 1 aromatic rings. The Morgan fingerprint density at radius 2 is 2.40 bits per heavy atom. The van der Waals surface area contributed by atoms with Crippen LogP contribution in [0.1, 0.15) is 0 Å². The van der Waals surface area contributed by atoms with Gasteiger partial charge in [-0.05, 0) is 18.2 Å². The number of terminal acetylenes is 1. The van der Waals surface area contributed by atoms with Gasteiger partial charge in [-0.25, -0.2) is 4.79 Å². The third-order valence-electron chi connectivity index (χ3n) is 1.64. The van der Waals surface area contributed by atoms with Gasteiger partial charge in [0.25, 0.3) is 0 Å². The molecule has 15 heavy (non-hydrogen) atoms. The quantitative estimate of drug-likeness (QED) is 0.721. The maximum atomic E-state index is 11.4. The molecule has 0 unspecified atom stereocenters. The van der Waals surface area contributed by atoms with Crippen molar-refractivity contribution >= 4 is 17.7 Å². The Hall–Kier alpha value is -1.66. The van der Waals surface area contributed by atoms with Crippen molar-refractivity contribution in [2.75, 3.05) is 13.6 Å². The topological polar surface area (TPSA) is 29.5 Å². The largest absolute Gasteiger partial charge is 0.415 e. The SMILES string of the molecule is C#CCN(C)C(=O)Oc1cccc(Cl)c1. The van der Waals surface area contributed by atoms with Crippen LogP contribution in [-0.2, 0) is 0 Å². The van der Waals surface area contributed by atoms with Crippen LogP contribution in [0.25, 0.3) is 0 Å². The van der Waals surface area contributed by atoms with Crippen LogP contribution in [0.3, 0.4) is 0 Å². The highest BCUT2D eigenvalue weighted by Gasteiger charge is 2.09. The zero-order valence-corrected chi connectivity index (χ0v) is 8.99. The number of carbonyl (C=O) groups excluding carboxylic acids is 1. The molecule has 0 heterocycles. The molecule has 1 aromatic carbocycles. The van der Waals surface area contributed by atoms with Crippen molar-refractivity contribution in [2.24, 2.45) is 0 Å². The summed E-state index contributed by atoms with van der Waals surface area (Å²) < 4.78 is 5.02. The van der Waals surface area contributed by atoms with Gasteiger partial charge < -0.3 is 4.74 Å². The summed E-state index contributed by atoms with van der Waals surface area (Å²) in [4.78, 5) is 12.7. The molecule has 0 aliphatic heterocycles. The van der Waals surface area contributed by atoms with E-state index in [1.54, 1.807) is 31.3 Å². The van der Waals surface area contributed by atoms with Gasteiger partial charge in [0, 0.05) is 12.1 Å². The van der Waals surface area contributed by atoms with Gasteiger partial charge in [0.15, 0.2) is 0 Å². The highest BCUT2D eigenvalue weighted by atomic mass is 35.5. The molecule has 0 N–H and O–H groups in total. The average molecular weight is 224 g/mol. The normalized spacial score (nSPS) is 9.13. The second kappa shape index (κ2) is 5.28. The maximum absolute atomic E-state index is 11.4. The first-order chi connectivity index (χ1) is 7.13. The molecule has 0 saturated carbocycles. The van der Waals surface area contributed by atoms with Gasteiger partial charge in [-0.15, -0.1) is 6.42 Å². The van der Waals surface area contributed by atoms with Gasteiger partial charge in [0.05, 0.1) is 6.54 Å². The lowest BCUT2D eigenvalue weighted by Crippen LogP contribution is -2.29. The molecule has 0 aromatic heterocycles. The highest BCUT2D eigenvalue weighted by molar-refractivity contribution is 6.30. The zero-order valence-electron chi connectivity index (χ0n) is 8.24. The van der Waals surface area contributed by atoms with E-state index in [4.69, 9.17) is 22.8 Å². The molecule has 1 rings (SSSR count). The minimum atomic E-state index is -0.504. The molecule has 0 bridgehead atoms. The summed E-state index contributed by atoms with van der Waals surface area (Å²) in [5.41, 5.74) is 0. The first-order valence-corrected chi connectivity index (χ1v) is 4.63. The number of ether oxygens (including phenoxy) is 1. The predicted octanol–water partition coefficient (Wildman–Crippen LogP) is 2.40. The van der Waals surface area contributed by atoms with Crippen molar-refractivity contribution in [1.29, 1.82) is 0 Å². The van der Waals surface area contributed by atoms with Crippen LogP contribution >= 0.6 is 11.6 Å². The van der Waals surface area contributed by atoms with Crippen molar-refractivity contribution in [3.8, 4) is 18.1 Å². The first-order valence-electron chi connectivity index (χ1n) is 4.25. The predicted molar refractivity (Wildman–Crippen MR) is 58.9 cm³/mol. The van der Waals surface area contributed by atoms with Crippen LogP contribution in [0.2, 0.25) is 5.02 Å². The van der Waals surface area contributed by atoms with Crippen LogP contribution in [0, 0.1) is 12.3 Å². The van der Waals surface area contributed by atoms with E-state index in [1.165, 1.54) is 4.90 Å². The molecule has 0 saturated heterocycles. The first kappa shape index (κ1) is 11.4. The Bertz CT molecular complexity index is 398. The Kier molecular flexibility index (Phi) is 4.02. The standard InChI is InChI=1S/C11H10ClNO2/c1-3-7-13(2)11(14)15-10-6-4-5-9(12)8-10/h1,4-6,8H,7H2,2H3. The highest BCUT2D eigenvalue weighted by Crippen LogP contribution is 2.17. The number of rotatable bonds is 2. The second-order valence-corrected chi connectivity index (χ2v) is 3.32. The maximum Gasteiger partial charge on any atom is 0.415 e. The molecule has 0 fully saturated rings. The molecule has 78 valence electrons. The number of hydrogen-bond acceptors (Lipinski definition) is 2. The van der Waals surface area contributed by atoms with Crippen molar-refractivity contribution in [3.05, 3.63) is 29.3 Å². The second-order valence-electron chi connectivity index (χ2n) is 2.89. The molecule has 0 aliphatic rings. The number of benzene rings is 1. The molecule has 1 amide bonds. The summed E-state index contributed by atoms with van der Waals surface area (Å²) in [6.07, 6.45) is 4.56. The smallest absolute Gasteiger partial charge is 0.410 e. The lowest BCUT2D eigenvalue weighted by Gasteiger charge is -2.13. The third-order valence-corrected chi connectivity index (χ3v) is 1.88. The Balaban J connectivity index is 2.63. The fourth-order valence-electron chi connectivity index (χ4n) is 0.911. The van der Waals surface area contributed by atoms with E-state index in [0.29, 0.717) is 10.8 Å². The van der Waals surface area contributed by atoms with Gasteiger partial charge in [-0.1, -0.05) is 23.6 Å².